The average Bonchev–Trinajstić information content (AvgIpc) is 2.94. The highest BCUT2D eigenvalue weighted by Crippen LogP contribution is 2.30. The molecule has 23 heavy (non-hydrogen) atoms. The molecule has 1 N–H and O–H groups in total. The van der Waals surface area contributed by atoms with Crippen LogP contribution in [0, 0.1) is 0 Å². The fourth-order valence-corrected chi connectivity index (χ4v) is 3.62. The van der Waals surface area contributed by atoms with Gasteiger partial charge in [-0.15, -0.1) is 0 Å². The lowest BCUT2D eigenvalue weighted by Gasteiger charge is -2.32. The first-order chi connectivity index (χ1) is 11.1. The van der Waals surface area contributed by atoms with Crippen LogP contribution in [0.2, 0.25) is 0 Å². The minimum Gasteiger partial charge on any atom is -0.352 e. The highest BCUT2D eigenvalue weighted by molar-refractivity contribution is 6.05. The number of likely N-dealkylation sites (N-methyl/N-ethyl adjacent to an activating group) is 1. The second-order valence-corrected chi connectivity index (χ2v) is 6.61. The normalized spacial score (nSPS) is 19.2. The first-order valence-electron chi connectivity index (χ1n) is 8.29. The molecule has 1 aromatic carbocycles. The molecule has 0 atom stereocenters. The molecule has 1 fully saturated rings. The highest BCUT2D eigenvalue weighted by atomic mass is 16.2. The summed E-state index contributed by atoms with van der Waals surface area (Å²) in [6.45, 7) is 3.39. The molecule has 1 aromatic heterocycles. The van der Waals surface area contributed by atoms with Gasteiger partial charge in [-0.2, -0.15) is 0 Å². The van der Waals surface area contributed by atoms with Crippen LogP contribution in [0.4, 0.5) is 0 Å². The molecule has 2 heterocycles. The maximum Gasteiger partial charge on any atom is 0.253 e. The zero-order chi connectivity index (χ0) is 16.0. The third-order valence-electron chi connectivity index (χ3n) is 5.05. The van der Waals surface area contributed by atoms with Gasteiger partial charge in [-0.1, -0.05) is 0 Å². The number of aromatic nitrogens is 1. The smallest absolute Gasteiger partial charge is 0.253 e. The van der Waals surface area contributed by atoms with E-state index in [1.54, 1.807) is 0 Å². The van der Waals surface area contributed by atoms with Crippen LogP contribution in [0.15, 0.2) is 18.2 Å². The molecule has 2 aromatic rings. The van der Waals surface area contributed by atoms with Crippen molar-refractivity contribution in [2.75, 3.05) is 33.2 Å². The Kier molecular flexibility index (Phi) is 3.45. The number of aromatic amines is 1. The fraction of sp³-hybridized carbons (Fsp3) is 0.444. The van der Waals surface area contributed by atoms with Crippen molar-refractivity contribution in [1.82, 2.24) is 14.8 Å². The summed E-state index contributed by atoms with van der Waals surface area (Å²) in [7, 11) is 2.08. The van der Waals surface area contributed by atoms with Crippen LogP contribution in [0.1, 0.15) is 39.3 Å². The molecule has 0 saturated carbocycles. The van der Waals surface area contributed by atoms with Crippen LogP contribution < -0.4 is 0 Å². The van der Waals surface area contributed by atoms with E-state index in [2.05, 4.69) is 16.9 Å². The standard InChI is InChI=1S/C18H21N3O2/c1-20-7-9-21(10-8-20)18(23)12-5-6-15-14(11-12)13-3-2-4-16(22)17(13)19-15/h5-6,11,19H,2-4,7-10H2,1H3. The van der Waals surface area contributed by atoms with Crippen molar-refractivity contribution in [1.29, 1.82) is 0 Å². The van der Waals surface area contributed by atoms with Crippen LogP contribution >= 0.6 is 0 Å². The first kappa shape index (κ1) is 14.5. The monoisotopic (exact) mass is 311 g/mol. The molecule has 1 aliphatic carbocycles. The number of carbonyl (C=O) groups is 2. The number of Topliss-reactive ketones (excluding diaryl/α,β-unsaturated/α-hetero) is 1. The third-order valence-corrected chi connectivity index (χ3v) is 5.05. The van der Waals surface area contributed by atoms with Gasteiger partial charge in [-0.3, -0.25) is 9.59 Å². The summed E-state index contributed by atoms with van der Waals surface area (Å²) in [5.41, 5.74) is 3.52. The summed E-state index contributed by atoms with van der Waals surface area (Å²) >= 11 is 0. The van der Waals surface area contributed by atoms with Crippen molar-refractivity contribution >= 4 is 22.6 Å². The number of nitrogens with zero attached hydrogens (tertiary/aromatic N) is 2. The third kappa shape index (κ3) is 2.45. The number of rotatable bonds is 1. The van der Waals surface area contributed by atoms with Gasteiger partial charge in [0.05, 0.1) is 5.69 Å². The van der Waals surface area contributed by atoms with Crippen LogP contribution in [0.3, 0.4) is 0 Å². The van der Waals surface area contributed by atoms with Gasteiger partial charge in [-0.05, 0) is 43.7 Å². The van der Waals surface area contributed by atoms with E-state index in [0.29, 0.717) is 6.42 Å². The molecule has 0 unspecified atom stereocenters. The minimum absolute atomic E-state index is 0.0945. The fourth-order valence-electron chi connectivity index (χ4n) is 3.62. The van der Waals surface area contributed by atoms with E-state index in [1.807, 2.05) is 23.1 Å². The summed E-state index contributed by atoms with van der Waals surface area (Å²) in [4.78, 5) is 32.2. The lowest BCUT2D eigenvalue weighted by atomic mass is 9.94. The summed E-state index contributed by atoms with van der Waals surface area (Å²) in [6.07, 6.45) is 2.43. The van der Waals surface area contributed by atoms with Gasteiger partial charge >= 0.3 is 0 Å². The van der Waals surface area contributed by atoms with E-state index in [4.69, 9.17) is 0 Å². The van der Waals surface area contributed by atoms with Gasteiger partial charge < -0.3 is 14.8 Å². The first-order valence-corrected chi connectivity index (χ1v) is 8.29. The minimum atomic E-state index is 0.0945. The Balaban J connectivity index is 1.68. The number of aryl methyl sites for hydroxylation is 1. The summed E-state index contributed by atoms with van der Waals surface area (Å²) < 4.78 is 0. The number of hydrogen-bond acceptors (Lipinski definition) is 3. The number of hydrogen-bond donors (Lipinski definition) is 1. The van der Waals surface area contributed by atoms with Crippen molar-refractivity contribution in [3.05, 3.63) is 35.0 Å². The largest absolute Gasteiger partial charge is 0.352 e. The molecule has 5 heteroatoms. The summed E-state index contributed by atoms with van der Waals surface area (Å²) in [5.74, 6) is 0.284. The Hall–Kier alpha value is -2.14. The van der Waals surface area contributed by atoms with E-state index in [1.165, 1.54) is 0 Å². The lowest BCUT2D eigenvalue weighted by Crippen LogP contribution is -2.47. The number of ketones is 1. The molecule has 0 radical (unpaired) electrons. The zero-order valence-electron chi connectivity index (χ0n) is 13.4. The number of carbonyl (C=O) groups excluding carboxylic acids is 2. The van der Waals surface area contributed by atoms with Crippen molar-refractivity contribution < 1.29 is 9.59 Å². The highest BCUT2D eigenvalue weighted by Gasteiger charge is 2.24. The number of H-pyrrole nitrogens is 1. The van der Waals surface area contributed by atoms with Crippen LogP contribution in [-0.2, 0) is 6.42 Å². The quantitative estimate of drug-likeness (QED) is 0.877. The van der Waals surface area contributed by atoms with E-state index in [-0.39, 0.29) is 11.7 Å². The number of benzene rings is 1. The SMILES string of the molecule is CN1CCN(C(=O)c2ccc3[nH]c4c(c3c2)CCCC4=O)CC1. The van der Waals surface area contributed by atoms with Crippen LogP contribution in [-0.4, -0.2) is 59.7 Å². The van der Waals surface area contributed by atoms with E-state index < -0.39 is 0 Å². The molecule has 1 saturated heterocycles. The van der Waals surface area contributed by atoms with Crippen LogP contribution in [0.25, 0.3) is 10.9 Å². The van der Waals surface area contributed by atoms with Gasteiger partial charge in [-0.25, -0.2) is 0 Å². The molecule has 0 bridgehead atoms. The molecule has 2 aliphatic rings. The van der Waals surface area contributed by atoms with E-state index >= 15 is 0 Å². The Morgan fingerprint density at radius 2 is 1.91 bits per heavy atom. The van der Waals surface area contributed by atoms with Gasteiger partial charge in [0.2, 0.25) is 0 Å². The van der Waals surface area contributed by atoms with Crippen molar-refractivity contribution in [2.45, 2.75) is 19.3 Å². The Morgan fingerprint density at radius 3 is 2.70 bits per heavy atom. The van der Waals surface area contributed by atoms with Crippen molar-refractivity contribution in [3.8, 4) is 0 Å². The van der Waals surface area contributed by atoms with E-state index in [9.17, 15) is 9.59 Å². The molecule has 0 spiro atoms. The van der Waals surface area contributed by atoms with E-state index in [0.717, 1.165) is 66.7 Å². The van der Waals surface area contributed by atoms with Gasteiger partial charge in [0.15, 0.2) is 5.78 Å². The molecular weight excluding hydrogens is 290 g/mol. The van der Waals surface area contributed by atoms with Crippen molar-refractivity contribution in [2.24, 2.45) is 0 Å². The molecule has 1 aliphatic heterocycles. The summed E-state index contributed by atoms with van der Waals surface area (Å²) in [6, 6.07) is 5.77. The molecule has 120 valence electrons. The second-order valence-electron chi connectivity index (χ2n) is 6.61. The second kappa shape index (κ2) is 5.49. The predicted molar refractivity (Wildman–Crippen MR) is 89.0 cm³/mol. The molecule has 5 nitrogen and oxygen atoms in total. The average molecular weight is 311 g/mol. The Labute approximate surface area is 135 Å². The zero-order valence-corrected chi connectivity index (χ0v) is 13.4. The van der Waals surface area contributed by atoms with Gasteiger partial charge in [0, 0.05) is 49.1 Å². The lowest BCUT2D eigenvalue weighted by molar-refractivity contribution is 0.0664. The predicted octanol–water partition coefficient (Wildman–Crippen LogP) is 2.07. The Morgan fingerprint density at radius 1 is 1.13 bits per heavy atom. The summed E-state index contributed by atoms with van der Waals surface area (Å²) in [5, 5.41) is 1.04. The van der Waals surface area contributed by atoms with Gasteiger partial charge in [0.1, 0.15) is 0 Å². The number of amides is 1. The molecular formula is C18H21N3O2. The van der Waals surface area contributed by atoms with Crippen molar-refractivity contribution in [3.63, 3.8) is 0 Å². The number of fused-ring (bicyclic) bond motifs is 3. The maximum atomic E-state index is 12.7. The number of nitrogens with one attached hydrogen (secondary N) is 1. The van der Waals surface area contributed by atoms with Gasteiger partial charge in [0.25, 0.3) is 5.91 Å². The Bertz CT molecular complexity index is 785. The topological polar surface area (TPSA) is 56.4 Å². The van der Waals surface area contributed by atoms with Crippen LogP contribution in [0.5, 0.6) is 0 Å². The molecule has 4 rings (SSSR count). The molecule has 1 amide bonds. The number of piperazine rings is 1. The maximum absolute atomic E-state index is 12.7.